The van der Waals surface area contributed by atoms with Crippen molar-refractivity contribution in [1.82, 2.24) is 15.1 Å². The van der Waals surface area contributed by atoms with Crippen LogP contribution in [0.1, 0.15) is 27.9 Å². The van der Waals surface area contributed by atoms with E-state index >= 15 is 0 Å². The Morgan fingerprint density at radius 3 is 2.63 bits per heavy atom. The summed E-state index contributed by atoms with van der Waals surface area (Å²) in [5.74, 6) is -0.845. The fourth-order valence-corrected chi connectivity index (χ4v) is 4.42. The van der Waals surface area contributed by atoms with Gasteiger partial charge in [-0.05, 0) is 37.1 Å². The molecule has 0 unspecified atom stereocenters. The van der Waals surface area contributed by atoms with Crippen molar-refractivity contribution < 1.29 is 18.8 Å². The molecule has 0 aliphatic carbocycles. The fraction of sp³-hybridized carbons (Fsp3) is 0.318. The largest absolute Gasteiger partial charge is 0.334 e. The number of likely N-dealkylation sites (tertiary alicyclic amines) is 2. The van der Waals surface area contributed by atoms with Crippen LogP contribution < -0.4 is 5.32 Å². The number of nitrogens with zero attached hydrogens (tertiary/aromatic N) is 2. The van der Waals surface area contributed by atoms with Gasteiger partial charge < -0.3 is 15.1 Å². The third kappa shape index (κ3) is 3.54. The number of nitrogens with one attached hydrogen (secondary N) is 1. The zero-order valence-corrected chi connectivity index (χ0v) is 17.2. The van der Waals surface area contributed by atoms with Crippen LogP contribution in [0.15, 0.2) is 42.5 Å². The number of carbonyl (C=O) groups excluding carboxylic acids is 3. The molecule has 2 saturated heterocycles. The van der Waals surface area contributed by atoms with Crippen LogP contribution in [0.2, 0.25) is 5.02 Å². The van der Waals surface area contributed by atoms with Gasteiger partial charge in [0.15, 0.2) is 5.78 Å². The van der Waals surface area contributed by atoms with Crippen LogP contribution in [0.5, 0.6) is 0 Å². The molecule has 4 rings (SSSR count). The minimum absolute atomic E-state index is 0.0226. The highest BCUT2D eigenvalue weighted by Gasteiger charge is 2.51. The van der Waals surface area contributed by atoms with E-state index in [-0.39, 0.29) is 41.4 Å². The summed E-state index contributed by atoms with van der Waals surface area (Å²) in [4.78, 5) is 41.2. The van der Waals surface area contributed by atoms with E-state index in [0.717, 1.165) is 0 Å². The van der Waals surface area contributed by atoms with E-state index in [1.54, 1.807) is 48.2 Å². The van der Waals surface area contributed by atoms with Gasteiger partial charge in [0.2, 0.25) is 0 Å². The highest BCUT2D eigenvalue weighted by Crippen LogP contribution is 2.31. The van der Waals surface area contributed by atoms with Gasteiger partial charge in [-0.15, -0.1) is 0 Å². The molecule has 2 aromatic carbocycles. The molecule has 2 fully saturated rings. The predicted octanol–water partition coefficient (Wildman–Crippen LogP) is 3.17. The molecule has 8 heteroatoms. The molecule has 2 aromatic rings. The molecule has 0 aromatic heterocycles. The second kappa shape index (κ2) is 8.07. The Kier molecular flexibility index (Phi) is 5.47. The molecule has 2 atom stereocenters. The number of ketones is 1. The molecular formula is C22H21ClFN3O3. The number of benzene rings is 2. The number of amides is 3. The fourth-order valence-electron chi connectivity index (χ4n) is 4.21. The SMILES string of the molecule is Cc1ccc(Cl)c(CNC(=O)N2CC[C@@H]3[C@H]2C(=O)CN3C(=O)c2ccccc2)c1F. The lowest BCUT2D eigenvalue weighted by Gasteiger charge is -2.24. The number of aryl methyl sites for hydroxylation is 1. The van der Waals surface area contributed by atoms with E-state index in [9.17, 15) is 18.8 Å². The lowest BCUT2D eigenvalue weighted by atomic mass is 10.1. The Hall–Kier alpha value is -2.93. The van der Waals surface area contributed by atoms with Gasteiger partial charge in [-0.25, -0.2) is 9.18 Å². The van der Waals surface area contributed by atoms with Crippen LogP contribution >= 0.6 is 11.6 Å². The molecule has 30 heavy (non-hydrogen) atoms. The van der Waals surface area contributed by atoms with Gasteiger partial charge in [0.1, 0.15) is 11.9 Å². The van der Waals surface area contributed by atoms with Crippen LogP contribution in [-0.2, 0) is 11.3 Å². The standard InChI is InChI=1S/C22H21ClFN3O3/c1-13-7-8-16(23)15(19(13)24)11-25-22(30)26-10-9-17-20(26)18(28)12-27(17)21(29)14-5-3-2-4-6-14/h2-8,17,20H,9-12H2,1H3,(H,25,30)/t17-,20+/m1/s1. The van der Waals surface area contributed by atoms with Gasteiger partial charge in [0, 0.05) is 29.2 Å². The lowest BCUT2D eigenvalue weighted by molar-refractivity contribution is -0.119. The highest BCUT2D eigenvalue weighted by molar-refractivity contribution is 6.31. The molecule has 1 N–H and O–H groups in total. The minimum atomic E-state index is -0.685. The molecule has 2 aliphatic rings. The van der Waals surface area contributed by atoms with Crippen molar-refractivity contribution in [1.29, 1.82) is 0 Å². The van der Waals surface area contributed by atoms with Crippen LogP contribution in [0.4, 0.5) is 9.18 Å². The average molecular weight is 430 g/mol. The predicted molar refractivity (Wildman–Crippen MR) is 110 cm³/mol. The Bertz CT molecular complexity index is 1010. The first kappa shape index (κ1) is 20.3. The lowest BCUT2D eigenvalue weighted by Crippen LogP contribution is -2.47. The van der Waals surface area contributed by atoms with E-state index in [0.29, 0.717) is 24.1 Å². The molecule has 0 radical (unpaired) electrons. The van der Waals surface area contributed by atoms with E-state index in [1.807, 2.05) is 6.07 Å². The first-order valence-corrected chi connectivity index (χ1v) is 10.1. The summed E-state index contributed by atoms with van der Waals surface area (Å²) in [6.45, 7) is 1.86. The molecule has 2 aliphatic heterocycles. The number of fused-ring (bicyclic) bond motifs is 1. The summed E-state index contributed by atoms with van der Waals surface area (Å²) in [6.07, 6.45) is 0.516. The number of Topliss-reactive ketones (excluding diaryl/α,β-unsaturated/α-hetero) is 1. The molecule has 0 saturated carbocycles. The zero-order valence-electron chi connectivity index (χ0n) is 16.4. The second-order valence-corrected chi connectivity index (χ2v) is 7.98. The van der Waals surface area contributed by atoms with E-state index in [4.69, 9.17) is 11.6 Å². The number of urea groups is 1. The summed E-state index contributed by atoms with van der Waals surface area (Å²) in [7, 11) is 0. The molecule has 0 spiro atoms. The number of halogens is 2. The Morgan fingerprint density at radius 2 is 1.90 bits per heavy atom. The molecule has 156 valence electrons. The average Bonchev–Trinajstić information content (AvgIpc) is 3.32. The minimum Gasteiger partial charge on any atom is -0.334 e. The monoisotopic (exact) mass is 429 g/mol. The van der Waals surface area contributed by atoms with Gasteiger partial charge in [-0.1, -0.05) is 35.9 Å². The van der Waals surface area contributed by atoms with E-state index in [1.165, 1.54) is 4.90 Å². The molecule has 6 nitrogen and oxygen atoms in total. The molecule has 3 amide bonds. The van der Waals surface area contributed by atoms with Crippen molar-refractivity contribution in [2.45, 2.75) is 32.0 Å². The van der Waals surface area contributed by atoms with Gasteiger partial charge in [0.25, 0.3) is 5.91 Å². The maximum Gasteiger partial charge on any atom is 0.318 e. The summed E-state index contributed by atoms with van der Waals surface area (Å²) >= 11 is 6.07. The van der Waals surface area contributed by atoms with Gasteiger partial charge in [-0.3, -0.25) is 9.59 Å². The van der Waals surface area contributed by atoms with Crippen LogP contribution in [-0.4, -0.2) is 52.7 Å². The van der Waals surface area contributed by atoms with Gasteiger partial charge in [-0.2, -0.15) is 0 Å². The third-order valence-corrected chi connectivity index (χ3v) is 6.11. The van der Waals surface area contributed by atoms with Crippen molar-refractivity contribution in [2.24, 2.45) is 0 Å². The molecule has 2 heterocycles. The summed E-state index contributed by atoms with van der Waals surface area (Å²) in [6, 6.07) is 10.4. The summed E-state index contributed by atoms with van der Waals surface area (Å²) in [5.41, 5.74) is 1.16. The zero-order chi connectivity index (χ0) is 21.4. The molecule has 0 bridgehead atoms. The van der Waals surface area contributed by atoms with E-state index < -0.39 is 17.9 Å². The Balaban J connectivity index is 1.46. The van der Waals surface area contributed by atoms with Crippen LogP contribution in [0.3, 0.4) is 0 Å². The number of carbonyl (C=O) groups is 3. The van der Waals surface area contributed by atoms with Gasteiger partial charge >= 0.3 is 6.03 Å². The number of hydrogen-bond acceptors (Lipinski definition) is 3. The maximum absolute atomic E-state index is 14.3. The normalized spacial score (nSPS) is 20.4. The summed E-state index contributed by atoms with van der Waals surface area (Å²) < 4.78 is 14.3. The van der Waals surface area contributed by atoms with Gasteiger partial charge in [0.05, 0.1) is 12.6 Å². The van der Waals surface area contributed by atoms with Crippen molar-refractivity contribution in [2.75, 3.05) is 13.1 Å². The number of rotatable bonds is 3. The highest BCUT2D eigenvalue weighted by atomic mass is 35.5. The Labute approximate surface area is 178 Å². The van der Waals surface area contributed by atoms with E-state index in [2.05, 4.69) is 5.32 Å². The van der Waals surface area contributed by atoms with Crippen molar-refractivity contribution in [3.05, 3.63) is 70.0 Å². The topological polar surface area (TPSA) is 69.7 Å². The van der Waals surface area contributed by atoms with Crippen molar-refractivity contribution in [3.8, 4) is 0 Å². The molecular weight excluding hydrogens is 409 g/mol. The first-order chi connectivity index (χ1) is 14.4. The third-order valence-electron chi connectivity index (χ3n) is 5.76. The maximum atomic E-state index is 14.3. The first-order valence-electron chi connectivity index (χ1n) is 9.75. The quantitative estimate of drug-likeness (QED) is 0.814. The number of hydrogen-bond donors (Lipinski definition) is 1. The summed E-state index contributed by atoms with van der Waals surface area (Å²) in [5, 5.41) is 2.90. The smallest absolute Gasteiger partial charge is 0.318 e. The Morgan fingerprint density at radius 1 is 1.17 bits per heavy atom. The van der Waals surface area contributed by atoms with Crippen LogP contribution in [0.25, 0.3) is 0 Å². The van der Waals surface area contributed by atoms with Crippen molar-refractivity contribution >= 4 is 29.3 Å². The van der Waals surface area contributed by atoms with Crippen molar-refractivity contribution in [3.63, 3.8) is 0 Å². The van der Waals surface area contributed by atoms with Crippen LogP contribution in [0, 0.1) is 12.7 Å². The second-order valence-electron chi connectivity index (χ2n) is 7.58.